The Morgan fingerprint density at radius 3 is 2.36 bits per heavy atom. The van der Waals surface area contributed by atoms with Crippen LogP contribution >= 0.6 is 11.6 Å². The number of rotatable bonds is 8. The first-order valence-electron chi connectivity index (χ1n) is 12.1. The van der Waals surface area contributed by atoms with Gasteiger partial charge in [-0.1, -0.05) is 11.6 Å². The van der Waals surface area contributed by atoms with E-state index in [1.807, 2.05) is 13.0 Å². The van der Waals surface area contributed by atoms with Gasteiger partial charge in [-0.2, -0.15) is 18.3 Å². The zero-order valence-electron chi connectivity index (χ0n) is 21.7. The number of hydrogen-bond donors (Lipinski definition) is 1. The van der Waals surface area contributed by atoms with E-state index in [1.165, 1.54) is 14.2 Å². The quantitative estimate of drug-likeness (QED) is 0.519. The molecule has 1 N–H and O–H groups in total. The summed E-state index contributed by atoms with van der Waals surface area (Å²) in [7, 11) is 6.83. The molecule has 1 amide bonds. The van der Waals surface area contributed by atoms with E-state index < -0.39 is 24.3 Å². The van der Waals surface area contributed by atoms with Gasteiger partial charge in [-0.3, -0.25) is 4.79 Å². The van der Waals surface area contributed by atoms with Crippen LogP contribution in [0.2, 0.25) is 5.02 Å². The van der Waals surface area contributed by atoms with Gasteiger partial charge in [0, 0.05) is 41.9 Å². The van der Waals surface area contributed by atoms with Crippen molar-refractivity contribution in [2.24, 2.45) is 7.05 Å². The van der Waals surface area contributed by atoms with Crippen LogP contribution in [0.3, 0.4) is 0 Å². The zero-order valence-corrected chi connectivity index (χ0v) is 22.4. The predicted octanol–water partition coefficient (Wildman–Crippen LogP) is 5.04. The highest BCUT2D eigenvalue weighted by Crippen LogP contribution is 2.36. The molecule has 0 unspecified atom stereocenters. The molecule has 1 aliphatic carbocycles. The van der Waals surface area contributed by atoms with E-state index in [9.17, 15) is 18.0 Å². The fourth-order valence-electron chi connectivity index (χ4n) is 5.17. The lowest BCUT2D eigenvalue weighted by atomic mass is 9.89. The van der Waals surface area contributed by atoms with E-state index in [2.05, 4.69) is 41.2 Å². The van der Waals surface area contributed by atoms with Crippen LogP contribution in [0.1, 0.15) is 59.8 Å². The first-order chi connectivity index (χ1) is 16.9. The van der Waals surface area contributed by atoms with Crippen molar-refractivity contribution in [1.29, 1.82) is 0 Å². The minimum Gasteiger partial charge on any atom is -0.481 e. The number of nitrogens with one attached hydrogen (secondary N) is 1. The molecule has 3 rings (SSSR count). The van der Waals surface area contributed by atoms with Crippen LogP contribution in [0.15, 0.2) is 12.1 Å². The molecule has 36 heavy (non-hydrogen) atoms. The standard InChI is InChI=1S/C25H35ClF3N5O2/c1-7-34(18-10-8-17(9-11-18)32(3)4)21-13-16(26)12-19(15(21)2)23(35)30-14-20-22(25(27,28)29)31-33(5)24(20)36-6/h12-13,17-18H,7-11,14H2,1-6H3,(H,30,35)/t17-,18-. The van der Waals surface area contributed by atoms with Crippen LogP contribution in [0.25, 0.3) is 0 Å². The second-order valence-electron chi connectivity index (χ2n) is 9.45. The normalized spacial score (nSPS) is 18.4. The maximum absolute atomic E-state index is 13.5. The fraction of sp³-hybridized carbons (Fsp3) is 0.600. The summed E-state index contributed by atoms with van der Waals surface area (Å²) in [6, 6.07) is 4.31. The van der Waals surface area contributed by atoms with Gasteiger partial charge >= 0.3 is 6.18 Å². The predicted molar refractivity (Wildman–Crippen MR) is 135 cm³/mol. The highest BCUT2D eigenvalue weighted by molar-refractivity contribution is 6.31. The largest absolute Gasteiger partial charge is 0.481 e. The summed E-state index contributed by atoms with van der Waals surface area (Å²) >= 11 is 6.43. The van der Waals surface area contributed by atoms with Crippen LogP contribution in [-0.2, 0) is 19.8 Å². The van der Waals surface area contributed by atoms with E-state index >= 15 is 0 Å². The molecule has 0 bridgehead atoms. The lowest BCUT2D eigenvalue weighted by Gasteiger charge is -2.40. The molecule has 1 aromatic carbocycles. The lowest BCUT2D eigenvalue weighted by Crippen LogP contribution is -2.42. The van der Waals surface area contributed by atoms with Crippen molar-refractivity contribution in [3.05, 3.63) is 39.5 Å². The van der Waals surface area contributed by atoms with Gasteiger partial charge in [0.25, 0.3) is 5.91 Å². The number of hydrogen-bond acceptors (Lipinski definition) is 5. The van der Waals surface area contributed by atoms with Crippen LogP contribution < -0.4 is 15.0 Å². The number of aryl methyl sites for hydroxylation is 1. The summed E-state index contributed by atoms with van der Waals surface area (Å²) in [6.45, 7) is 4.28. The SMILES string of the molecule is CCN(c1cc(Cl)cc(C(=O)NCc2c(C(F)(F)F)nn(C)c2OC)c1C)[C@H]1CC[C@H](N(C)C)CC1. The Morgan fingerprint density at radius 2 is 1.83 bits per heavy atom. The van der Waals surface area contributed by atoms with E-state index in [0.29, 0.717) is 22.7 Å². The van der Waals surface area contributed by atoms with Gasteiger partial charge in [-0.15, -0.1) is 0 Å². The van der Waals surface area contributed by atoms with E-state index in [-0.39, 0.29) is 11.4 Å². The minimum atomic E-state index is -4.68. The lowest BCUT2D eigenvalue weighted by molar-refractivity contribution is -0.142. The third-order valence-electron chi connectivity index (χ3n) is 7.05. The number of carbonyl (C=O) groups is 1. The number of methoxy groups -OCH3 is 1. The van der Waals surface area contributed by atoms with Crippen molar-refractivity contribution >= 4 is 23.2 Å². The Bertz CT molecular complexity index is 1080. The molecular formula is C25H35ClF3N5O2. The number of halogens is 4. The third kappa shape index (κ3) is 5.91. The van der Waals surface area contributed by atoms with E-state index in [1.54, 1.807) is 6.07 Å². The van der Waals surface area contributed by atoms with Crippen molar-refractivity contribution < 1.29 is 22.7 Å². The molecule has 1 aliphatic rings. The highest BCUT2D eigenvalue weighted by Gasteiger charge is 2.39. The molecule has 0 radical (unpaired) electrons. The van der Waals surface area contributed by atoms with E-state index in [0.717, 1.165) is 48.2 Å². The van der Waals surface area contributed by atoms with Gasteiger partial charge in [0.15, 0.2) is 5.69 Å². The minimum absolute atomic E-state index is 0.0587. The van der Waals surface area contributed by atoms with Crippen LogP contribution in [0.5, 0.6) is 5.88 Å². The number of alkyl halides is 3. The fourth-order valence-corrected chi connectivity index (χ4v) is 5.38. The molecule has 1 saturated carbocycles. The second-order valence-corrected chi connectivity index (χ2v) is 9.89. The van der Waals surface area contributed by atoms with Crippen molar-refractivity contribution in [3.63, 3.8) is 0 Å². The Balaban J connectivity index is 1.85. The highest BCUT2D eigenvalue weighted by atomic mass is 35.5. The number of anilines is 1. The summed E-state index contributed by atoms with van der Waals surface area (Å²) in [6.07, 6.45) is -0.428. The number of carbonyl (C=O) groups excluding carboxylic acids is 1. The summed E-state index contributed by atoms with van der Waals surface area (Å²) < 4.78 is 46.6. The topological polar surface area (TPSA) is 62.6 Å². The van der Waals surface area contributed by atoms with Gasteiger partial charge in [-0.25, -0.2) is 4.68 Å². The maximum Gasteiger partial charge on any atom is 0.435 e. The first-order valence-corrected chi connectivity index (χ1v) is 12.4. The van der Waals surface area contributed by atoms with Crippen molar-refractivity contribution in [2.45, 2.75) is 64.3 Å². The van der Waals surface area contributed by atoms with Crippen molar-refractivity contribution in [2.75, 3.05) is 32.6 Å². The molecule has 0 aliphatic heterocycles. The molecule has 7 nitrogen and oxygen atoms in total. The second kappa shape index (κ2) is 11.3. The van der Waals surface area contributed by atoms with Crippen LogP contribution in [0, 0.1) is 6.92 Å². The zero-order chi connectivity index (χ0) is 26.8. The Kier molecular flexibility index (Phi) is 8.82. The van der Waals surface area contributed by atoms with Gasteiger partial charge in [0.05, 0.1) is 19.2 Å². The molecule has 2 aromatic rings. The molecule has 0 spiro atoms. The number of benzene rings is 1. The summed E-state index contributed by atoms with van der Waals surface area (Å²) in [5.41, 5.74) is 0.625. The van der Waals surface area contributed by atoms with Crippen LogP contribution in [-0.4, -0.2) is 60.4 Å². The van der Waals surface area contributed by atoms with Gasteiger partial charge in [0.1, 0.15) is 0 Å². The summed E-state index contributed by atoms with van der Waals surface area (Å²) in [5.74, 6) is -0.570. The molecule has 1 fully saturated rings. The molecule has 1 aromatic heterocycles. The van der Waals surface area contributed by atoms with Crippen LogP contribution in [0.4, 0.5) is 18.9 Å². The maximum atomic E-state index is 13.5. The van der Waals surface area contributed by atoms with Gasteiger partial charge in [-0.05, 0) is 71.3 Å². The first kappa shape index (κ1) is 28.1. The Labute approximate surface area is 215 Å². The molecule has 0 atom stereocenters. The monoisotopic (exact) mass is 529 g/mol. The number of amides is 1. The number of nitrogens with zero attached hydrogens (tertiary/aromatic N) is 4. The van der Waals surface area contributed by atoms with Gasteiger partial charge < -0.3 is 19.9 Å². The molecule has 11 heteroatoms. The Hall–Kier alpha value is -2.46. The summed E-state index contributed by atoms with van der Waals surface area (Å²) in [4.78, 5) is 17.7. The molecular weight excluding hydrogens is 495 g/mol. The number of aromatic nitrogens is 2. The Morgan fingerprint density at radius 1 is 1.22 bits per heavy atom. The molecule has 0 saturated heterocycles. The number of ether oxygens (including phenoxy) is 1. The van der Waals surface area contributed by atoms with E-state index in [4.69, 9.17) is 16.3 Å². The van der Waals surface area contributed by atoms with Crippen molar-refractivity contribution in [1.82, 2.24) is 20.0 Å². The molecule has 200 valence electrons. The van der Waals surface area contributed by atoms with Crippen molar-refractivity contribution in [3.8, 4) is 5.88 Å². The summed E-state index contributed by atoms with van der Waals surface area (Å²) in [5, 5.41) is 6.55. The average molecular weight is 530 g/mol. The van der Waals surface area contributed by atoms with Gasteiger partial charge in [0.2, 0.25) is 5.88 Å². The molecule has 1 heterocycles. The smallest absolute Gasteiger partial charge is 0.435 e. The third-order valence-corrected chi connectivity index (χ3v) is 7.27. The average Bonchev–Trinajstić information content (AvgIpc) is 3.15.